The zero-order valence-corrected chi connectivity index (χ0v) is 24.3. The summed E-state index contributed by atoms with van der Waals surface area (Å²) in [4.78, 5) is 49.2. The maximum absolute atomic E-state index is 12.8. The average molecular weight is 603 g/mol. The van der Waals surface area contributed by atoms with Gasteiger partial charge in [0.25, 0.3) is 5.91 Å². The van der Waals surface area contributed by atoms with Crippen molar-refractivity contribution in [3.63, 3.8) is 0 Å². The van der Waals surface area contributed by atoms with Crippen LogP contribution in [0.25, 0.3) is 11.3 Å². The third kappa shape index (κ3) is 9.69. The Labute approximate surface area is 255 Å². The molecule has 2 saturated heterocycles. The summed E-state index contributed by atoms with van der Waals surface area (Å²) in [6, 6.07) is 21.7. The summed E-state index contributed by atoms with van der Waals surface area (Å²) >= 11 is 0. The summed E-state index contributed by atoms with van der Waals surface area (Å²) in [6.07, 6.45) is 2.95. The van der Waals surface area contributed by atoms with Crippen LogP contribution in [0.3, 0.4) is 0 Å². The molecule has 0 spiro atoms. The number of carbonyl (C=O) groups excluding carboxylic acids is 3. The van der Waals surface area contributed by atoms with Crippen LogP contribution in [0.15, 0.2) is 79.0 Å². The first-order valence-electron chi connectivity index (χ1n) is 14.5. The minimum atomic E-state index is -0.944. The van der Waals surface area contributed by atoms with Gasteiger partial charge in [0, 0.05) is 43.7 Å². The largest absolute Gasteiger partial charge is 0.480 e. The molecule has 4 atom stereocenters. The number of aliphatic hydroxyl groups excluding tert-OH is 1. The van der Waals surface area contributed by atoms with Crippen LogP contribution in [0.2, 0.25) is 0 Å². The van der Waals surface area contributed by atoms with Gasteiger partial charge in [0.15, 0.2) is 0 Å². The molecule has 7 N–H and O–H groups in total. The highest BCUT2D eigenvalue weighted by atomic mass is 16.4. The second-order valence-electron chi connectivity index (χ2n) is 10.8. The minimum absolute atomic E-state index is 0.133. The van der Waals surface area contributed by atoms with Crippen molar-refractivity contribution in [2.75, 3.05) is 6.54 Å². The summed E-state index contributed by atoms with van der Waals surface area (Å²) in [5.41, 5.74) is 13.0. The topological polar surface area (TPSA) is 187 Å². The lowest BCUT2D eigenvalue weighted by molar-refractivity contribution is -0.140. The number of hydrazine groups is 1. The quantitative estimate of drug-likeness (QED) is 0.175. The number of aliphatic carboxylic acids is 1. The molecule has 12 heteroatoms. The Morgan fingerprint density at radius 2 is 1.55 bits per heavy atom. The van der Waals surface area contributed by atoms with Crippen LogP contribution in [-0.2, 0) is 32.1 Å². The molecule has 3 amide bonds. The van der Waals surface area contributed by atoms with Crippen LogP contribution in [-0.4, -0.2) is 74.7 Å². The lowest BCUT2D eigenvalue weighted by Crippen LogP contribution is -2.54. The third-order valence-corrected chi connectivity index (χ3v) is 7.38. The second kappa shape index (κ2) is 15.7. The van der Waals surface area contributed by atoms with Crippen molar-refractivity contribution < 1.29 is 29.4 Å². The van der Waals surface area contributed by atoms with E-state index in [2.05, 4.69) is 21.0 Å². The highest BCUT2D eigenvalue weighted by molar-refractivity contribution is 5.90. The maximum Gasteiger partial charge on any atom is 0.326 e. The van der Waals surface area contributed by atoms with E-state index >= 15 is 0 Å². The van der Waals surface area contributed by atoms with E-state index in [1.807, 2.05) is 72.8 Å². The fraction of sp³-hybridized carbons (Fsp3) is 0.344. The van der Waals surface area contributed by atoms with Crippen molar-refractivity contribution in [2.24, 2.45) is 5.73 Å². The van der Waals surface area contributed by atoms with Crippen molar-refractivity contribution in [1.29, 1.82) is 0 Å². The molecule has 2 aliphatic rings. The standard InChI is InChI=1S/C27H31N5O3.C5H7NO3/c28-22(16-19-6-2-1-3-7-19)25(33)18-32(31-27(35)24-13-14-26(34)30-24)17-20-9-11-21(12-10-20)23-8-4-5-15-29-23;7-4-2-1-3(6-4)5(8)9/h1-12,15,22,24-25,33H,13-14,16-18,28H2,(H,30,34)(H,31,35);3H,1-2H2,(H,6,7)(H,8,9)/t22-,24-,25-;3-/m00/s1. The summed E-state index contributed by atoms with van der Waals surface area (Å²) in [5.74, 6) is -1.54. The number of benzene rings is 2. The number of carbonyl (C=O) groups is 4. The molecule has 3 heterocycles. The molecule has 0 radical (unpaired) electrons. The first kappa shape index (κ1) is 32.3. The van der Waals surface area contributed by atoms with Gasteiger partial charge in [-0.3, -0.25) is 24.8 Å². The normalized spacial score (nSPS) is 18.9. The lowest BCUT2D eigenvalue weighted by atomic mass is 10.0. The molecular weight excluding hydrogens is 564 g/mol. The van der Waals surface area contributed by atoms with Crippen LogP contribution >= 0.6 is 0 Å². The number of pyridine rings is 1. The third-order valence-electron chi connectivity index (χ3n) is 7.38. The van der Waals surface area contributed by atoms with Gasteiger partial charge in [-0.1, -0.05) is 60.7 Å². The lowest BCUT2D eigenvalue weighted by Gasteiger charge is -2.29. The number of nitrogens with one attached hydrogen (secondary N) is 3. The van der Waals surface area contributed by atoms with Crippen molar-refractivity contribution in [1.82, 2.24) is 26.1 Å². The SMILES string of the molecule is N[C@@H](Cc1ccccc1)[C@@H](O)CN(Cc1ccc(-c2ccccn2)cc1)NC(=O)[C@@H]1CCC(=O)N1.O=C1CC[C@@H](C(=O)O)N1. The van der Waals surface area contributed by atoms with E-state index in [1.54, 1.807) is 11.2 Å². The van der Waals surface area contributed by atoms with E-state index in [-0.39, 0.29) is 24.3 Å². The molecule has 44 heavy (non-hydrogen) atoms. The monoisotopic (exact) mass is 602 g/mol. The molecule has 232 valence electrons. The summed E-state index contributed by atoms with van der Waals surface area (Å²) in [7, 11) is 0. The highest BCUT2D eigenvalue weighted by Crippen LogP contribution is 2.18. The molecule has 1 aromatic heterocycles. The fourth-order valence-electron chi connectivity index (χ4n) is 4.91. The van der Waals surface area contributed by atoms with Crippen LogP contribution < -0.4 is 21.8 Å². The number of aliphatic hydroxyl groups is 1. The maximum atomic E-state index is 12.8. The number of aromatic nitrogens is 1. The predicted molar refractivity (Wildman–Crippen MR) is 162 cm³/mol. The Balaban J connectivity index is 0.000000421. The zero-order chi connectivity index (χ0) is 31.5. The van der Waals surface area contributed by atoms with E-state index < -0.39 is 30.2 Å². The smallest absolute Gasteiger partial charge is 0.326 e. The Kier molecular flexibility index (Phi) is 11.5. The zero-order valence-electron chi connectivity index (χ0n) is 24.3. The number of hydrogen-bond donors (Lipinski definition) is 6. The Hall–Kier alpha value is -4.65. The van der Waals surface area contributed by atoms with Crippen LogP contribution in [0, 0.1) is 0 Å². The number of carboxylic acid groups (broad SMARTS) is 1. The summed E-state index contributed by atoms with van der Waals surface area (Å²) in [5, 5.41) is 25.8. The first-order valence-corrected chi connectivity index (χ1v) is 14.5. The van der Waals surface area contributed by atoms with E-state index in [0.29, 0.717) is 38.6 Å². The molecule has 2 fully saturated rings. The van der Waals surface area contributed by atoms with Gasteiger partial charge >= 0.3 is 5.97 Å². The van der Waals surface area contributed by atoms with Gasteiger partial charge in [0.1, 0.15) is 12.1 Å². The predicted octanol–water partition coefficient (Wildman–Crippen LogP) is 1.14. The Morgan fingerprint density at radius 1 is 0.909 bits per heavy atom. The van der Waals surface area contributed by atoms with Gasteiger partial charge in [0.05, 0.1) is 11.8 Å². The van der Waals surface area contributed by atoms with E-state index in [4.69, 9.17) is 10.8 Å². The van der Waals surface area contributed by atoms with Gasteiger partial charge in [-0.2, -0.15) is 0 Å². The molecule has 3 aromatic rings. The number of nitrogens with zero attached hydrogens (tertiary/aromatic N) is 2. The average Bonchev–Trinajstić information content (AvgIpc) is 3.67. The molecule has 0 saturated carbocycles. The molecule has 2 aliphatic heterocycles. The van der Waals surface area contributed by atoms with E-state index in [0.717, 1.165) is 22.4 Å². The molecule has 0 bridgehead atoms. The molecular formula is C32H38N6O6. The van der Waals surface area contributed by atoms with E-state index in [9.17, 15) is 24.3 Å². The van der Waals surface area contributed by atoms with E-state index in [1.165, 1.54) is 0 Å². The highest BCUT2D eigenvalue weighted by Gasteiger charge is 2.29. The van der Waals surface area contributed by atoms with Gasteiger partial charge in [-0.05, 0) is 42.5 Å². The summed E-state index contributed by atoms with van der Waals surface area (Å²) in [6.45, 7) is 0.506. The molecule has 2 aromatic carbocycles. The number of carboxylic acids is 1. The van der Waals surface area contributed by atoms with Crippen LogP contribution in [0.1, 0.15) is 36.8 Å². The minimum Gasteiger partial charge on any atom is -0.480 e. The van der Waals surface area contributed by atoms with Crippen LogP contribution in [0.4, 0.5) is 0 Å². The number of amides is 3. The molecule has 0 unspecified atom stereocenters. The second-order valence-corrected chi connectivity index (χ2v) is 10.8. The van der Waals surface area contributed by atoms with Crippen molar-refractivity contribution >= 4 is 23.7 Å². The van der Waals surface area contributed by atoms with Crippen LogP contribution in [0.5, 0.6) is 0 Å². The molecule has 5 rings (SSSR count). The first-order chi connectivity index (χ1) is 21.2. The number of nitrogens with two attached hydrogens (primary N) is 1. The number of rotatable bonds is 11. The molecule has 0 aliphatic carbocycles. The van der Waals surface area contributed by atoms with Crippen molar-refractivity contribution in [3.8, 4) is 11.3 Å². The number of hydrogen-bond acceptors (Lipinski definition) is 8. The van der Waals surface area contributed by atoms with Gasteiger partial charge in [-0.25, -0.2) is 9.80 Å². The van der Waals surface area contributed by atoms with Crippen molar-refractivity contribution in [2.45, 2.75) is 62.9 Å². The fourth-order valence-corrected chi connectivity index (χ4v) is 4.91. The Morgan fingerprint density at radius 3 is 2.09 bits per heavy atom. The van der Waals surface area contributed by atoms with Gasteiger partial charge in [0.2, 0.25) is 11.8 Å². The van der Waals surface area contributed by atoms with Gasteiger partial charge in [-0.15, -0.1) is 0 Å². The van der Waals surface area contributed by atoms with Crippen molar-refractivity contribution in [3.05, 3.63) is 90.1 Å². The molecule has 12 nitrogen and oxygen atoms in total. The van der Waals surface area contributed by atoms with Gasteiger partial charge < -0.3 is 26.6 Å². The summed E-state index contributed by atoms with van der Waals surface area (Å²) < 4.78 is 0. The Bertz CT molecular complexity index is 1410.